The number of carboxylic acid groups (broad SMARTS) is 1. The molecule has 0 aromatic carbocycles. The van der Waals surface area contributed by atoms with Gasteiger partial charge in [-0.15, -0.1) is 0 Å². The molecular weight excluding hydrogens is 222 g/mol. The molecule has 1 aromatic heterocycles. The molecule has 1 amide bonds. The third-order valence-corrected chi connectivity index (χ3v) is 3.18. The van der Waals surface area contributed by atoms with Crippen LogP contribution in [-0.4, -0.2) is 34.5 Å². The normalized spacial score (nSPS) is 24.6. The topological polar surface area (TPSA) is 70.8 Å². The van der Waals surface area contributed by atoms with Crippen LogP contribution in [0.15, 0.2) is 22.8 Å². The largest absolute Gasteiger partial charge is 0.480 e. The second-order valence-corrected chi connectivity index (χ2v) is 4.38. The van der Waals surface area contributed by atoms with Crippen molar-refractivity contribution in [1.29, 1.82) is 0 Å². The summed E-state index contributed by atoms with van der Waals surface area (Å²) >= 11 is 0. The van der Waals surface area contributed by atoms with Crippen molar-refractivity contribution in [2.75, 3.05) is 6.54 Å². The van der Waals surface area contributed by atoms with Gasteiger partial charge in [-0.05, 0) is 30.9 Å². The number of aliphatic carboxylic acids is 1. The van der Waals surface area contributed by atoms with E-state index in [9.17, 15) is 14.7 Å². The minimum Gasteiger partial charge on any atom is -0.480 e. The third-order valence-electron chi connectivity index (χ3n) is 3.18. The van der Waals surface area contributed by atoms with Gasteiger partial charge in [0.05, 0.1) is 6.26 Å². The molecule has 1 saturated heterocycles. The highest BCUT2D eigenvalue weighted by atomic mass is 16.4. The van der Waals surface area contributed by atoms with Crippen LogP contribution in [-0.2, 0) is 4.79 Å². The SMILES string of the molecule is CC1CCCN(C(=O)c2ccco2)C1C(=O)O. The molecule has 0 spiro atoms. The molecule has 0 radical (unpaired) electrons. The Balaban J connectivity index is 2.23. The molecule has 0 bridgehead atoms. The number of hydrogen-bond donors (Lipinski definition) is 1. The van der Waals surface area contributed by atoms with Crippen molar-refractivity contribution < 1.29 is 19.1 Å². The number of nitrogens with zero attached hydrogens (tertiary/aromatic N) is 1. The zero-order valence-electron chi connectivity index (χ0n) is 9.63. The lowest BCUT2D eigenvalue weighted by Gasteiger charge is -2.36. The van der Waals surface area contributed by atoms with E-state index in [1.165, 1.54) is 11.2 Å². The summed E-state index contributed by atoms with van der Waals surface area (Å²) in [4.78, 5) is 24.7. The fraction of sp³-hybridized carbons (Fsp3) is 0.500. The molecule has 0 saturated carbocycles. The van der Waals surface area contributed by atoms with Crippen molar-refractivity contribution >= 4 is 11.9 Å². The molecule has 5 nitrogen and oxygen atoms in total. The minimum atomic E-state index is -0.947. The van der Waals surface area contributed by atoms with E-state index in [0.29, 0.717) is 6.54 Å². The molecule has 0 aliphatic carbocycles. The molecule has 1 aliphatic heterocycles. The first kappa shape index (κ1) is 11.7. The number of piperidine rings is 1. The summed E-state index contributed by atoms with van der Waals surface area (Å²) in [5.41, 5.74) is 0. The number of amides is 1. The van der Waals surface area contributed by atoms with E-state index in [1.54, 1.807) is 12.1 Å². The lowest BCUT2D eigenvalue weighted by molar-refractivity contribution is -0.145. The van der Waals surface area contributed by atoms with Gasteiger partial charge in [0.25, 0.3) is 5.91 Å². The summed E-state index contributed by atoms with van der Waals surface area (Å²) in [6.45, 7) is 2.33. The number of likely N-dealkylation sites (tertiary alicyclic amines) is 1. The van der Waals surface area contributed by atoms with E-state index in [2.05, 4.69) is 0 Å². The van der Waals surface area contributed by atoms with Crippen LogP contribution in [0.1, 0.15) is 30.3 Å². The standard InChI is InChI=1S/C12H15NO4/c1-8-4-2-6-13(10(8)12(15)16)11(14)9-5-3-7-17-9/h3,5,7-8,10H,2,4,6H2,1H3,(H,15,16). The van der Waals surface area contributed by atoms with E-state index in [4.69, 9.17) is 4.42 Å². The quantitative estimate of drug-likeness (QED) is 0.848. The van der Waals surface area contributed by atoms with Crippen LogP contribution in [0.4, 0.5) is 0 Å². The number of carboxylic acids is 1. The molecule has 1 fully saturated rings. The van der Waals surface area contributed by atoms with Crippen molar-refractivity contribution in [3.63, 3.8) is 0 Å². The highest BCUT2D eigenvalue weighted by molar-refractivity contribution is 5.94. The number of carbonyl (C=O) groups excluding carboxylic acids is 1. The van der Waals surface area contributed by atoms with Crippen LogP contribution < -0.4 is 0 Å². The second-order valence-electron chi connectivity index (χ2n) is 4.38. The van der Waals surface area contributed by atoms with Crippen molar-refractivity contribution in [1.82, 2.24) is 4.90 Å². The van der Waals surface area contributed by atoms with E-state index in [0.717, 1.165) is 12.8 Å². The van der Waals surface area contributed by atoms with Gasteiger partial charge < -0.3 is 14.4 Å². The zero-order chi connectivity index (χ0) is 12.4. The smallest absolute Gasteiger partial charge is 0.326 e. The fourth-order valence-electron chi connectivity index (χ4n) is 2.33. The van der Waals surface area contributed by atoms with Crippen molar-refractivity contribution in [3.05, 3.63) is 24.2 Å². The van der Waals surface area contributed by atoms with Crippen molar-refractivity contribution in [3.8, 4) is 0 Å². The summed E-state index contributed by atoms with van der Waals surface area (Å²) in [6.07, 6.45) is 3.08. The summed E-state index contributed by atoms with van der Waals surface area (Å²) < 4.78 is 5.03. The van der Waals surface area contributed by atoms with E-state index in [-0.39, 0.29) is 17.6 Å². The maximum atomic E-state index is 12.1. The third kappa shape index (κ3) is 2.18. The molecule has 2 atom stereocenters. The van der Waals surface area contributed by atoms with E-state index >= 15 is 0 Å². The van der Waals surface area contributed by atoms with Gasteiger partial charge in [-0.25, -0.2) is 4.79 Å². The van der Waals surface area contributed by atoms with Crippen LogP contribution in [0.5, 0.6) is 0 Å². The molecule has 1 N–H and O–H groups in total. The van der Waals surface area contributed by atoms with Crippen LogP contribution in [0.3, 0.4) is 0 Å². The van der Waals surface area contributed by atoms with Gasteiger partial charge in [0.15, 0.2) is 5.76 Å². The summed E-state index contributed by atoms with van der Waals surface area (Å²) in [7, 11) is 0. The molecule has 2 heterocycles. The summed E-state index contributed by atoms with van der Waals surface area (Å²) in [6, 6.07) is 2.43. The van der Waals surface area contributed by atoms with Gasteiger partial charge in [0.2, 0.25) is 0 Å². The van der Waals surface area contributed by atoms with Crippen LogP contribution >= 0.6 is 0 Å². The maximum Gasteiger partial charge on any atom is 0.326 e. The van der Waals surface area contributed by atoms with Gasteiger partial charge >= 0.3 is 5.97 Å². The first-order valence-electron chi connectivity index (χ1n) is 5.68. The number of carbonyl (C=O) groups is 2. The highest BCUT2D eigenvalue weighted by Crippen LogP contribution is 2.25. The van der Waals surface area contributed by atoms with Crippen molar-refractivity contribution in [2.45, 2.75) is 25.8 Å². The Labute approximate surface area is 99.0 Å². The molecule has 17 heavy (non-hydrogen) atoms. The van der Waals surface area contributed by atoms with Gasteiger partial charge in [0.1, 0.15) is 6.04 Å². The highest BCUT2D eigenvalue weighted by Gasteiger charge is 2.38. The zero-order valence-corrected chi connectivity index (χ0v) is 9.63. The van der Waals surface area contributed by atoms with Gasteiger partial charge in [-0.3, -0.25) is 4.79 Å². The Bertz CT molecular complexity index is 412. The van der Waals surface area contributed by atoms with Crippen LogP contribution in [0, 0.1) is 5.92 Å². The van der Waals surface area contributed by atoms with Gasteiger partial charge in [0, 0.05) is 6.54 Å². The summed E-state index contributed by atoms with van der Waals surface area (Å²) in [5.74, 6) is -1.11. The molecule has 92 valence electrons. The van der Waals surface area contributed by atoms with Crippen molar-refractivity contribution in [2.24, 2.45) is 5.92 Å². The molecule has 1 aliphatic rings. The first-order chi connectivity index (χ1) is 8.11. The maximum absolute atomic E-state index is 12.1. The molecular formula is C12H15NO4. The minimum absolute atomic E-state index is 0.0276. The Morgan fingerprint density at radius 3 is 2.88 bits per heavy atom. The first-order valence-corrected chi connectivity index (χ1v) is 5.68. The lowest BCUT2D eigenvalue weighted by atomic mass is 9.90. The monoisotopic (exact) mass is 237 g/mol. The van der Waals surface area contributed by atoms with Gasteiger partial charge in [-0.2, -0.15) is 0 Å². The molecule has 1 aromatic rings. The van der Waals surface area contributed by atoms with Crippen LogP contribution in [0.2, 0.25) is 0 Å². The predicted octanol–water partition coefficient (Wildman–Crippen LogP) is 1.60. The summed E-state index contributed by atoms with van der Waals surface area (Å²) in [5, 5.41) is 9.20. The van der Waals surface area contributed by atoms with E-state index in [1.807, 2.05) is 6.92 Å². The van der Waals surface area contributed by atoms with Gasteiger partial charge in [-0.1, -0.05) is 6.92 Å². The Kier molecular flexibility index (Phi) is 3.17. The molecule has 2 unspecified atom stereocenters. The Hall–Kier alpha value is -1.78. The number of hydrogen-bond acceptors (Lipinski definition) is 3. The van der Waals surface area contributed by atoms with E-state index < -0.39 is 12.0 Å². The molecule has 5 heteroatoms. The predicted molar refractivity (Wildman–Crippen MR) is 59.6 cm³/mol. The number of rotatable bonds is 2. The fourth-order valence-corrected chi connectivity index (χ4v) is 2.33. The average molecular weight is 237 g/mol. The Morgan fingerprint density at radius 2 is 2.29 bits per heavy atom. The molecule has 2 rings (SSSR count). The lowest BCUT2D eigenvalue weighted by Crippen LogP contribution is -2.51. The number of furan rings is 1. The van der Waals surface area contributed by atoms with Crippen LogP contribution in [0.25, 0.3) is 0 Å². The Morgan fingerprint density at radius 1 is 1.53 bits per heavy atom. The second kappa shape index (κ2) is 4.61. The average Bonchev–Trinajstić information content (AvgIpc) is 2.80.